The molecule has 0 aromatic heterocycles. The van der Waals surface area contributed by atoms with Crippen molar-refractivity contribution >= 4 is 29.2 Å². The van der Waals surface area contributed by atoms with Crippen LogP contribution in [0, 0.1) is 0 Å². The second kappa shape index (κ2) is 10.3. The molecule has 4 N–H and O–H groups in total. The number of carbonyl (C=O) groups excluding carboxylic acids is 1. The number of rotatable bonds is 8. The molecule has 1 unspecified atom stereocenters. The molecule has 0 radical (unpaired) electrons. The summed E-state index contributed by atoms with van der Waals surface area (Å²) in [6, 6.07) is 12.9. The zero-order valence-electron chi connectivity index (χ0n) is 16.3. The zero-order chi connectivity index (χ0) is 21.5. The SMILES string of the molecule is Nc1cc(OCC(=O)O)c(C(=O)NCC2CN(Cc3ccccc3)CCO2)cc1Cl. The summed E-state index contributed by atoms with van der Waals surface area (Å²) in [5.41, 5.74) is 7.28. The van der Waals surface area contributed by atoms with E-state index in [1.807, 2.05) is 18.2 Å². The number of ether oxygens (including phenoxy) is 2. The van der Waals surface area contributed by atoms with Crippen molar-refractivity contribution in [3.05, 3.63) is 58.6 Å². The standard InChI is InChI=1S/C21H24ClN3O5/c22-17-8-16(19(9-18(17)23)30-13-20(26)27)21(28)24-10-15-12-25(6-7-29-15)11-14-4-2-1-3-5-14/h1-5,8-9,15H,6-7,10-13,23H2,(H,24,28)(H,26,27). The van der Waals surface area contributed by atoms with E-state index < -0.39 is 18.5 Å². The number of nitrogens with zero attached hydrogens (tertiary/aromatic N) is 1. The van der Waals surface area contributed by atoms with Crippen LogP contribution in [0.2, 0.25) is 5.02 Å². The van der Waals surface area contributed by atoms with E-state index in [1.54, 1.807) is 0 Å². The average molecular weight is 434 g/mol. The molecule has 0 bridgehead atoms. The van der Waals surface area contributed by atoms with Crippen molar-refractivity contribution in [3.8, 4) is 5.75 Å². The minimum atomic E-state index is -1.16. The molecule has 3 rings (SSSR count). The van der Waals surface area contributed by atoms with Crippen molar-refractivity contribution in [1.29, 1.82) is 0 Å². The predicted octanol–water partition coefficient (Wildman–Crippen LogP) is 2.02. The smallest absolute Gasteiger partial charge is 0.341 e. The fourth-order valence-corrected chi connectivity index (χ4v) is 3.36. The highest BCUT2D eigenvalue weighted by Crippen LogP contribution is 2.29. The third-order valence-electron chi connectivity index (χ3n) is 4.66. The van der Waals surface area contributed by atoms with Crippen molar-refractivity contribution in [2.24, 2.45) is 0 Å². The number of hydrogen-bond donors (Lipinski definition) is 3. The highest BCUT2D eigenvalue weighted by Gasteiger charge is 2.23. The monoisotopic (exact) mass is 433 g/mol. The molecule has 0 saturated carbocycles. The summed E-state index contributed by atoms with van der Waals surface area (Å²) in [6.07, 6.45) is -0.168. The molecule has 1 saturated heterocycles. The molecule has 1 aliphatic rings. The van der Waals surface area contributed by atoms with Crippen LogP contribution in [0.4, 0.5) is 5.69 Å². The predicted molar refractivity (Wildman–Crippen MR) is 113 cm³/mol. The van der Waals surface area contributed by atoms with E-state index in [0.29, 0.717) is 19.7 Å². The van der Waals surface area contributed by atoms with Crippen LogP contribution in [-0.2, 0) is 16.1 Å². The van der Waals surface area contributed by atoms with E-state index in [-0.39, 0.29) is 28.1 Å². The molecular weight excluding hydrogens is 410 g/mol. The number of amides is 1. The first kappa shape index (κ1) is 21.9. The molecule has 1 amide bonds. The first-order chi connectivity index (χ1) is 14.4. The lowest BCUT2D eigenvalue weighted by Crippen LogP contribution is -2.47. The summed E-state index contributed by atoms with van der Waals surface area (Å²) < 4.78 is 11.0. The highest BCUT2D eigenvalue weighted by molar-refractivity contribution is 6.33. The molecule has 1 fully saturated rings. The quantitative estimate of drug-likeness (QED) is 0.545. The average Bonchev–Trinajstić information content (AvgIpc) is 2.73. The topological polar surface area (TPSA) is 114 Å². The Labute approximate surface area is 179 Å². The zero-order valence-corrected chi connectivity index (χ0v) is 17.1. The van der Waals surface area contributed by atoms with E-state index in [1.165, 1.54) is 17.7 Å². The molecule has 0 aliphatic carbocycles. The third-order valence-corrected chi connectivity index (χ3v) is 4.98. The summed E-state index contributed by atoms with van der Waals surface area (Å²) >= 11 is 6.03. The van der Waals surface area contributed by atoms with Gasteiger partial charge in [-0.3, -0.25) is 9.69 Å². The van der Waals surface area contributed by atoms with Crippen LogP contribution >= 0.6 is 11.6 Å². The lowest BCUT2D eigenvalue weighted by atomic mass is 10.1. The number of anilines is 1. The molecule has 2 aromatic carbocycles. The Morgan fingerprint density at radius 1 is 1.30 bits per heavy atom. The fraction of sp³-hybridized carbons (Fsp3) is 0.333. The summed E-state index contributed by atoms with van der Waals surface area (Å²) in [5, 5.41) is 11.8. The second-order valence-corrected chi connectivity index (χ2v) is 7.38. The number of morpholine rings is 1. The van der Waals surface area contributed by atoms with Gasteiger partial charge in [-0.25, -0.2) is 4.79 Å². The Kier molecular flexibility index (Phi) is 7.51. The Hall–Kier alpha value is -2.81. The van der Waals surface area contributed by atoms with Crippen molar-refractivity contribution in [2.75, 3.05) is 38.6 Å². The Morgan fingerprint density at radius 3 is 2.80 bits per heavy atom. The van der Waals surface area contributed by atoms with Gasteiger partial charge in [0.2, 0.25) is 0 Å². The molecule has 9 heteroatoms. The van der Waals surface area contributed by atoms with Crippen molar-refractivity contribution in [3.63, 3.8) is 0 Å². The number of halogens is 1. The van der Waals surface area contributed by atoms with E-state index in [0.717, 1.165) is 13.1 Å². The normalized spacial score (nSPS) is 16.8. The number of aliphatic carboxylic acids is 1. The van der Waals surface area contributed by atoms with Crippen molar-refractivity contribution < 1.29 is 24.2 Å². The highest BCUT2D eigenvalue weighted by atomic mass is 35.5. The number of hydrogen-bond acceptors (Lipinski definition) is 6. The van der Waals surface area contributed by atoms with Crippen molar-refractivity contribution in [1.82, 2.24) is 10.2 Å². The number of benzene rings is 2. The van der Waals surface area contributed by atoms with E-state index in [2.05, 4.69) is 22.3 Å². The minimum absolute atomic E-state index is 0.0621. The van der Waals surface area contributed by atoms with Gasteiger partial charge in [-0.2, -0.15) is 0 Å². The van der Waals surface area contributed by atoms with Gasteiger partial charge >= 0.3 is 5.97 Å². The van der Waals surface area contributed by atoms with Gasteiger partial charge in [0.05, 0.1) is 29.0 Å². The molecule has 0 spiro atoms. The number of nitrogens with one attached hydrogen (secondary N) is 1. The molecule has 1 heterocycles. The molecule has 160 valence electrons. The Balaban J connectivity index is 1.59. The van der Waals surface area contributed by atoms with E-state index in [4.69, 9.17) is 31.9 Å². The molecule has 8 nitrogen and oxygen atoms in total. The number of carbonyl (C=O) groups is 2. The lowest BCUT2D eigenvalue weighted by molar-refractivity contribution is -0.139. The van der Waals surface area contributed by atoms with Gasteiger partial charge in [0.25, 0.3) is 5.91 Å². The van der Waals surface area contributed by atoms with Crippen LogP contribution in [0.5, 0.6) is 5.75 Å². The van der Waals surface area contributed by atoms with Gasteiger partial charge in [0.1, 0.15) is 5.75 Å². The summed E-state index contributed by atoms with van der Waals surface area (Å²) in [4.78, 5) is 25.8. The largest absolute Gasteiger partial charge is 0.481 e. The number of carboxylic acids is 1. The van der Waals surface area contributed by atoms with Gasteiger partial charge < -0.3 is 25.6 Å². The maximum absolute atomic E-state index is 12.7. The van der Waals surface area contributed by atoms with Crippen LogP contribution in [0.1, 0.15) is 15.9 Å². The number of nitrogen functional groups attached to an aromatic ring is 1. The van der Waals surface area contributed by atoms with Gasteiger partial charge in [-0.05, 0) is 11.6 Å². The third kappa shape index (κ3) is 6.09. The number of nitrogens with two attached hydrogens (primary N) is 1. The van der Waals surface area contributed by atoms with Crippen LogP contribution in [-0.4, -0.2) is 60.8 Å². The molecule has 2 aromatic rings. The van der Waals surface area contributed by atoms with Crippen LogP contribution in [0.15, 0.2) is 42.5 Å². The minimum Gasteiger partial charge on any atom is -0.481 e. The molecule has 1 aliphatic heterocycles. The summed E-state index contributed by atoms with van der Waals surface area (Å²) in [5.74, 6) is -1.54. The first-order valence-electron chi connectivity index (χ1n) is 9.52. The maximum Gasteiger partial charge on any atom is 0.341 e. The maximum atomic E-state index is 12.7. The summed E-state index contributed by atoms with van der Waals surface area (Å²) in [7, 11) is 0. The second-order valence-electron chi connectivity index (χ2n) is 6.98. The van der Waals surface area contributed by atoms with E-state index in [9.17, 15) is 9.59 Å². The van der Waals surface area contributed by atoms with E-state index >= 15 is 0 Å². The molecule has 30 heavy (non-hydrogen) atoms. The Morgan fingerprint density at radius 2 is 2.07 bits per heavy atom. The molecular formula is C21H24ClN3O5. The van der Waals surface area contributed by atoms with Crippen LogP contribution < -0.4 is 15.8 Å². The first-order valence-corrected chi connectivity index (χ1v) is 9.90. The van der Waals surface area contributed by atoms with Crippen LogP contribution in [0.25, 0.3) is 0 Å². The van der Waals surface area contributed by atoms with Gasteiger partial charge in [-0.15, -0.1) is 0 Å². The fourth-order valence-electron chi connectivity index (χ4n) is 3.20. The van der Waals surface area contributed by atoms with Crippen LogP contribution in [0.3, 0.4) is 0 Å². The molecule has 1 atom stereocenters. The van der Waals surface area contributed by atoms with Gasteiger partial charge in [-0.1, -0.05) is 41.9 Å². The Bertz CT molecular complexity index is 894. The van der Waals surface area contributed by atoms with Gasteiger partial charge in [0.15, 0.2) is 6.61 Å². The van der Waals surface area contributed by atoms with Crippen molar-refractivity contribution in [2.45, 2.75) is 12.6 Å². The van der Waals surface area contributed by atoms with Gasteiger partial charge in [0, 0.05) is 32.2 Å². The summed E-state index contributed by atoms with van der Waals surface area (Å²) in [6.45, 7) is 2.59. The number of carboxylic acid groups (broad SMARTS) is 1. The lowest BCUT2D eigenvalue weighted by Gasteiger charge is -2.33.